The maximum absolute atomic E-state index is 11.5. The van der Waals surface area contributed by atoms with Crippen molar-refractivity contribution in [3.05, 3.63) is 29.6 Å². The van der Waals surface area contributed by atoms with Gasteiger partial charge < -0.3 is 20.5 Å². The molecular weight excluding hydrogens is 262 g/mol. The molecule has 1 atom stereocenters. The van der Waals surface area contributed by atoms with Gasteiger partial charge in [-0.25, -0.2) is 9.59 Å². The molecule has 7 heteroatoms. The van der Waals surface area contributed by atoms with Crippen LogP contribution in [-0.4, -0.2) is 41.3 Å². The van der Waals surface area contributed by atoms with Gasteiger partial charge in [-0.2, -0.15) is 0 Å². The Kier molecular flexibility index (Phi) is 6.45. The van der Waals surface area contributed by atoms with Crippen LogP contribution < -0.4 is 10.6 Å². The molecule has 0 aliphatic heterocycles. The van der Waals surface area contributed by atoms with Crippen molar-refractivity contribution < 1.29 is 19.4 Å². The number of nitrogens with one attached hydrogen (secondary N) is 2. The largest absolute Gasteiger partial charge is 0.478 e. The average molecular weight is 281 g/mol. The molecule has 0 aliphatic carbocycles. The van der Waals surface area contributed by atoms with Gasteiger partial charge in [0.25, 0.3) is 0 Å². The SMILES string of the molecule is CCOC(C)CNC(=O)NCc1cc(C(=O)O)ccn1. The van der Waals surface area contributed by atoms with Crippen LogP contribution in [0.3, 0.4) is 0 Å². The second-order valence-corrected chi connectivity index (χ2v) is 4.17. The van der Waals surface area contributed by atoms with E-state index in [1.54, 1.807) is 0 Å². The third-order valence-corrected chi connectivity index (χ3v) is 2.49. The van der Waals surface area contributed by atoms with Crippen LogP contribution in [0, 0.1) is 0 Å². The van der Waals surface area contributed by atoms with E-state index in [1.807, 2.05) is 13.8 Å². The van der Waals surface area contributed by atoms with E-state index in [2.05, 4.69) is 15.6 Å². The third-order valence-electron chi connectivity index (χ3n) is 2.49. The Labute approximate surface area is 117 Å². The summed E-state index contributed by atoms with van der Waals surface area (Å²) in [6.07, 6.45) is 1.34. The van der Waals surface area contributed by atoms with E-state index in [0.717, 1.165) is 0 Å². The summed E-state index contributed by atoms with van der Waals surface area (Å²) in [6.45, 7) is 4.91. The first-order valence-corrected chi connectivity index (χ1v) is 6.34. The fourth-order valence-electron chi connectivity index (χ4n) is 1.52. The Bertz CT molecular complexity index is 465. The lowest BCUT2D eigenvalue weighted by Gasteiger charge is -2.13. The summed E-state index contributed by atoms with van der Waals surface area (Å²) in [7, 11) is 0. The Balaban J connectivity index is 2.37. The summed E-state index contributed by atoms with van der Waals surface area (Å²) in [5, 5.41) is 14.1. The number of pyridine rings is 1. The van der Waals surface area contributed by atoms with E-state index in [-0.39, 0.29) is 24.2 Å². The average Bonchev–Trinajstić information content (AvgIpc) is 2.43. The molecule has 1 aromatic rings. The van der Waals surface area contributed by atoms with Gasteiger partial charge in [-0.05, 0) is 26.0 Å². The van der Waals surface area contributed by atoms with Gasteiger partial charge in [0, 0.05) is 19.3 Å². The molecule has 0 fully saturated rings. The molecule has 3 N–H and O–H groups in total. The molecule has 0 saturated carbocycles. The Morgan fingerprint density at radius 1 is 1.45 bits per heavy atom. The number of carbonyl (C=O) groups is 2. The Hall–Kier alpha value is -2.15. The van der Waals surface area contributed by atoms with E-state index in [9.17, 15) is 9.59 Å². The van der Waals surface area contributed by atoms with Crippen molar-refractivity contribution >= 4 is 12.0 Å². The van der Waals surface area contributed by atoms with E-state index in [1.165, 1.54) is 18.3 Å². The second-order valence-electron chi connectivity index (χ2n) is 4.17. The van der Waals surface area contributed by atoms with Crippen molar-refractivity contribution in [1.29, 1.82) is 0 Å². The van der Waals surface area contributed by atoms with Crippen molar-refractivity contribution in [2.75, 3.05) is 13.2 Å². The van der Waals surface area contributed by atoms with Crippen molar-refractivity contribution in [2.45, 2.75) is 26.5 Å². The summed E-state index contributed by atoms with van der Waals surface area (Å²) in [5.74, 6) is -1.02. The topological polar surface area (TPSA) is 101 Å². The number of carbonyl (C=O) groups excluding carboxylic acids is 1. The van der Waals surface area contributed by atoms with Crippen LogP contribution in [0.2, 0.25) is 0 Å². The van der Waals surface area contributed by atoms with Gasteiger partial charge in [-0.15, -0.1) is 0 Å². The second kappa shape index (κ2) is 8.11. The summed E-state index contributed by atoms with van der Waals surface area (Å²) >= 11 is 0. The van der Waals surface area contributed by atoms with Crippen LogP contribution >= 0.6 is 0 Å². The Morgan fingerprint density at radius 2 is 2.20 bits per heavy atom. The van der Waals surface area contributed by atoms with Gasteiger partial charge >= 0.3 is 12.0 Å². The number of ether oxygens (including phenoxy) is 1. The number of urea groups is 1. The molecule has 0 saturated heterocycles. The first-order valence-electron chi connectivity index (χ1n) is 6.34. The first kappa shape index (κ1) is 15.9. The van der Waals surface area contributed by atoms with Crippen molar-refractivity contribution in [3.63, 3.8) is 0 Å². The molecule has 0 aromatic carbocycles. The minimum absolute atomic E-state index is 0.0563. The fourth-order valence-corrected chi connectivity index (χ4v) is 1.52. The van der Waals surface area contributed by atoms with Crippen molar-refractivity contribution in [3.8, 4) is 0 Å². The number of rotatable bonds is 7. The molecular formula is C13H19N3O4. The van der Waals surface area contributed by atoms with Crippen molar-refractivity contribution in [2.24, 2.45) is 0 Å². The molecule has 7 nitrogen and oxygen atoms in total. The standard InChI is InChI=1S/C13H19N3O4/c1-3-20-9(2)7-15-13(19)16-8-11-6-10(12(17)18)4-5-14-11/h4-6,9H,3,7-8H2,1-2H3,(H,17,18)(H2,15,16,19). The predicted molar refractivity (Wildman–Crippen MR) is 72.5 cm³/mol. The molecule has 1 heterocycles. The van der Waals surface area contributed by atoms with Gasteiger partial charge in [-0.1, -0.05) is 0 Å². The lowest BCUT2D eigenvalue weighted by atomic mass is 10.2. The van der Waals surface area contributed by atoms with Crippen LogP contribution in [0.4, 0.5) is 4.79 Å². The minimum Gasteiger partial charge on any atom is -0.478 e. The molecule has 0 radical (unpaired) electrons. The van der Waals surface area contributed by atoms with Gasteiger partial charge in [0.15, 0.2) is 0 Å². The highest BCUT2D eigenvalue weighted by molar-refractivity contribution is 5.87. The molecule has 20 heavy (non-hydrogen) atoms. The third kappa shape index (κ3) is 5.66. The molecule has 0 spiro atoms. The van der Waals surface area contributed by atoms with Gasteiger partial charge in [0.1, 0.15) is 0 Å². The smallest absolute Gasteiger partial charge is 0.335 e. The van der Waals surface area contributed by atoms with Crippen LogP contribution in [0.15, 0.2) is 18.3 Å². The number of aromatic nitrogens is 1. The summed E-state index contributed by atoms with van der Waals surface area (Å²) in [6, 6.07) is 2.47. The fraction of sp³-hybridized carbons (Fsp3) is 0.462. The van der Waals surface area contributed by atoms with Crippen LogP contribution in [0.25, 0.3) is 0 Å². The summed E-state index contributed by atoms with van der Waals surface area (Å²) < 4.78 is 5.28. The molecule has 1 rings (SSSR count). The highest BCUT2D eigenvalue weighted by Crippen LogP contribution is 2.01. The number of aromatic carboxylic acids is 1. The van der Waals surface area contributed by atoms with Crippen LogP contribution in [0.1, 0.15) is 29.9 Å². The number of nitrogens with zero attached hydrogens (tertiary/aromatic N) is 1. The molecule has 1 unspecified atom stereocenters. The number of carboxylic acid groups (broad SMARTS) is 1. The van der Waals surface area contributed by atoms with Crippen LogP contribution in [-0.2, 0) is 11.3 Å². The molecule has 0 aliphatic rings. The minimum atomic E-state index is -1.02. The maximum atomic E-state index is 11.5. The normalized spacial score (nSPS) is 11.7. The predicted octanol–water partition coefficient (Wildman–Crippen LogP) is 1.00. The van der Waals surface area contributed by atoms with Gasteiger partial charge in [-0.3, -0.25) is 4.98 Å². The monoisotopic (exact) mass is 281 g/mol. The van der Waals surface area contributed by atoms with Gasteiger partial charge in [0.2, 0.25) is 0 Å². The molecule has 0 bridgehead atoms. The molecule has 110 valence electrons. The van der Waals surface area contributed by atoms with Crippen molar-refractivity contribution in [1.82, 2.24) is 15.6 Å². The number of carboxylic acids is 1. The lowest BCUT2D eigenvalue weighted by molar-refractivity contribution is 0.0696. The highest BCUT2D eigenvalue weighted by atomic mass is 16.5. The zero-order valence-electron chi connectivity index (χ0n) is 11.5. The van der Waals surface area contributed by atoms with E-state index in [0.29, 0.717) is 18.8 Å². The number of hydrogen-bond donors (Lipinski definition) is 3. The summed E-state index contributed by atoms with van der Waals surface area (Å²) in [4.78, 5) is 26.3. The molecule has 2 amide bonds. The zero-order valence-corrected chi connectivity index (χ0v) is 11.5. The Morgan fingerprint density at radius 3 is 2.85 bits per heavy atom. The quantitative estimate of drug-likeness (QED) is 0.692. The van der Waals surface area contributed by atoms with E-state index >= 15 is 0 Å². The number of hydrogen-bond acceptors (Lipinski definition) is 4. The van der Waals surface area contributed by atoms with Crippen LogP contribution in [0.5, 0.6) is 0 Å². The summed E-state index contributed by atoms with van der Waals surface area (Å²) in [5.41, 5.74) is 0.625. The van der Waals surface area contributed by atoms with E-state index in [4.69, 9.17) is 9.84 Å². The maximum Gasteiger partial charge on any atom is 0.335 e. The first-order chi connectivity index (χ1) is 9.52. The van der Waals surface area contributed by atoms with Gasteiger partial charge in [0.05, 0.1) is 23.9 Å². The number of amides is 2. The molecule has 1 aromatic heterocycles. The highest BCUT2D eigenvalue weighted by Gasteiger charge is 2.07. The lowest BCUT2D eigenvalue weighted by Crippen LogP contribution is -2.39. The van der Waals surface area contributed by atoms with E-state index < -0.39 is 5.97 Å². The zero-order chi connectivity index (χ0) is 15.0.